The van der Waals surface area contributed by atoms with Crippen LogP contribution in [0.15, 0.2) is 104 Å². The molecule has 12 heteroatoms. The zero-order chi connectivity index (χ0) is 31.5. The van der Waals surface area contributed by atoms with Gasteiger partial charge in [-0.05, 0) is 64.5 Å². The first-order valence-electron chi connectivity index (χ1n) is 13.5. The number of benzene rings is 4. The molecule has 0 aliphatic carbocycles. The SMILES string of the molecule is COc1cc(C=Nn2c(-c3cc4c(OC)cccc4o3)nc3ccccc3c2=O)c(Br)c(Cl)c1OCC(=O)Nc1ccccc1. The molecule has 10 nitrogen and oxygen atoms in total. The average Bonchev–Trinajstić information content (AvgIpc) is 3.50. The van der Waals surface area contributed by atoms with E-state index in [0.717, 1.165) is 10.1 Å². The molecule has 6 rings (SSSR count). The van der Waals surface area contributed by atoms with Gasteiger partial charge < -0.3 is 23.9 Å². The van der Waals surface area contributed by atoms with Gasteiger partial charge in [0.1, 0.15) is 16.4 Å². The summed E-state index contributed by atoms with van der Waals surface area (Å²) in [4.78, 5) is 30.9. The third kappa shape index (κ3) is 6.00. The van der Waals surface area contributed by atoms with Gasteiger partial charge >= 0.3 is 0 Å². The van der Waals surface area contributed by atoms with E-state index in [4.69, 9.17) is 35.2 Å². The van der Waals surface area contributed by atoms with Crippen LogP contribution in [0.1, 0.15) is 5.56 Å². The van der Waals surface area contributed by atoms with Gasteiger partial charge in [-0.1, -0.05) is 48.0 Å². The van der Waals surface area contributed by atoms with Gasteiger partial charge in [-0.25, -0.2) is 4.98 Å². The monoisotopic (exact) mass is 686 g/mol. The van der Waals surface area contributed by atoms with Gasteiger partial charge in [0.25, 0.3) is 11.5 Å². The number of para-hydroxylation sites is 2. The highest BCUT2D eigenvalue weighted by Gasteiger charge is 2.20. The fourth-order valence-corrected chi connectivity index (χ4v) is 5.33. The second kappa shape index (κ2) is 12.8. The number of nitrogens with zero attached hydrogens (tertiary/aromatic N) is 3. The van der Waals surface area contributed by atoms with Crippen molar-refractivity contribution in [1.29, 1.82) is 0 Å². The molecule has 0 saturated carbocycles. The van der Waals surface area contributed by atoms with Crippen LogP contribution in [0.4, 0.5) is 5.69 Å². The molecule has 0 fully saturated rings. The Hall–Kier alpha value is -5.13. The van der Waals surface area contributed by atoms with Crippen LogP contribution >= 0.6 is 27.5 Å². The molecular formula is C33H24BrClN4O6. The Labute approximate surface area is 269 Å². The van der Waals surface area contributed by atoms with Crippen molar-refractivity contribution in [2.24, 2.45) is 5.10 Å². The Morgan fingerprint density at radius 3 is 2.53 bits per heavy atom. The summed E-state index contributed by atoms with van der Waals surface area (Å²) in [7, 11) is 3.02. The maximum atomic E-state index is 13.7. The van der Waals surface area contributed by atoms with Crippen LogP contribution in [0.25, 0.3) is 33.5 Å². The minimum atomic E-state index is -0.405. The highest BCUT2D eigenvalue weighted by molar-refractivity contribution is 9.10. The molecular weight excluding hydrogens is 664 g/mol. The number of hydrogen-bond donors (Lipinski definition) is 1. The van der Waals surface area contributed by atoms with E-state index in [0.29, 0.717) is 43.7 Å². The average molecular weight is 688 g/mol. The molecule has 0 atom stereocenters. The van der Waals surface area contributed by atoms with Crippen molar-refractivity contribution < 1.29 is 23.4 Å². The topological polar surface area (TPSA) is 117 Å². The van der Waals surface area contributed by atoms with Crippen LogP contribution in [0, 0.1) is 0 Å². The largest absolute Gasteiger partial charge is 0.496 e. The molecule has 0 bridgehead atoms. The Balaban J connectivity index is 1.37. The second-order valence-corrected chi connectivity index (χ2v) is 10.8. The van der Waals surface area contributed by atoms with Crippen LogP contribution in [0.5, 0.6) is 17.2 Å². The van der Waals surface area contributed by atoms with Gasteiger partial charge in [-0.3, -0.25) is 9.59 Å². The lowest BCUT2D eigenvalue weighted by Crippen LogP contribution is -2.20. The number of fused-ring (bicyclic) bond motifs is 2. The molecule has 45 heavy (non-hydrogen) atoms. The van der Waals surface area contributed by atoms with Crippen molar-refractivity contribution in [3.05, 3.63) is 110 Å². The predicted molar refractivity (Wildman–Crippen MR) is 177 cm³/mol. The third-order valence-corrected chi connectivity index (χ3v) is 8.25. The van der Waals surface area contributed by atoms with E-state index in [1.54, 1.807) is 61.7 Å². The summed E-state index contributed by atoms with van der Waals surface area (Å²) >= 11 is 10.2. The van der Waals surface area contributed by atoms with Gasteiger partial charge in [0.05, 0.1) is 36.7 Å². The van der Waals surface area contributed by atoms with Gasteiger partial charge in [0.15, 0.2) is 23.9 Å². The van der Waals surface area contributed by atoms with Crippen molar-refractivity contribution in [3.8, 4) is 28.8 Å². The van der Waals surface area contributed by atoms with E-state index < -0.39 is 5.56 Å². The van der Waals surface area contributed by atoms with Gasteiger partial charge in [-0.15, -0.1) is 0 Å². The first-order valence-corrected chi connectivity index (χ1v) is 14.7. The van der Waals surface area contributed by atoms with Crippen LogP contribution in [-0.2, 0) is 4.79 Å². The number of furan rings is 1. The van der Waals surface area contributed by atoms with Gasteiger partial charge in [-0.2, -0.15) is 9.78 Å². The summed E-state index contributed by atoms with van der Waals surface area (Å²) in [6.45, 7) is -0.311. The first-order chi connectivity index (χ1) is 21.9. The smallest absolute Gasteiger partial charge is 0.282 e. The number of nitrogens with one attached hydrogen (secondary N) is 1. The summed E-state index contributed by atoms with van der Waals surface area (Å²) in [5.74, 6) is 1.17. The van der Waals surface area contributed by atoms with Crippen LogP contribution in [-0.4, -0.2) is 42.6 Å². The minimum absolute atomic E-state index is 0.150. The number of hydrogen-bond acceptors (Lipinski definition) is 8. The summed E-state index contributed by atoms with van der Waals surface area (Å²) < 4.78 is 24.4. The van der Waals surface area contributed by atoms with Crippen molar-refractivity contribution in [2.45, 2.75) is 0 Å². The first kappa shape index (κ1) is 29.9. The number of ether oxygens (including phenoxy) is 3. The van der Waals surface area contributed by atoms with Crippen molar-refractivity contribution in [3.63, 3.8) is 0 Å². The molecule has 0 radical (unpaired) electrons. The standard InChI is InChI=1S/C33H24BrClN4O6/c1-42-24-13-8-14-25-22(24)16-27(45-25)32-38-23-12-7-6-11-21(23)33(41)39(32)36-17-19-15-26(43-2)31(30(35)29(19)34)44-18-28(40)37-20-9-4-3-5-10-20/h3-17H,18H2,1-2H3,(H,37,40). The highest BCUT2D eigenvalue weighted by Crippen LogP contribution is 2.42. The summed E-state index contributed by atoms with van der Waals surface area (Å²) in [5, 5.41) is 8.52. The molecule has 0 aliphatic rings. The van der Waals surface area contributed by atoms with Gasteiger partial charge in [0.2, 0.25) is 5.82 Å². The molecule has 6 aromatic rings. The Morgan fingerprint density at radius 1 is 1.00 bits per heavy atom. The molecule has 1 amide bonds. The molecule has 2 aromatic heterocycles. The summed E-state index contributed by atoms with van der Waals surface area (Å²) in [6.07, 6.45) is 1.44. The van der Waals surface area contributed by atoms with Gasteiger partial charge in [0, 0.05) is 15.7 Å². The summed E-state index contributed by atoms with van der Waals surface area (Å²) in [5.41, 5.74) is 1.75. The maximum absolute atomic E-state index is 13.7. The number of amides is 1. The summed E-state index contributed by atoms with van der Waals surface area (Å²) in [6, 6.07) is 24.8. The normalized spacial score (nSPS) is 11.3. The van der Waals surface area contributed by atoms with E-state index >= 15 is 0 Å². The minimum Gasteiger partial charge on any atom is -0.496 e. The number of carbonyl (C=O) groups is 1. The van der Waals surface area contributed by atoms with Crippen molar-refractivity contribution in [2.75, 3.05) is 26.1 Å². The quantitative estimate of drug-likeness (QED) is 0.161. The Bertz CT molecular complexity index is 2150. The fraction of sp³-hybridized carbons (Fsp3) is 0.0909. The molecule has 1 N–H and O–H groups in total. The van der Waals surface area contributed by atoms with E-state index in [-0.39, 0.29) is 34.9 Å². The van der Waals surface area contributed by atoms with Crippen molar-refractivity contribution >= 4 is 67.2 Å². The molecule has 0 spiro atoms. The molecule has 4 aromatic carbocycles. The third-order valence-electron chi connectivity index (χ3n) is 6.81. The van der Waals surface area contributed by atoms with Crippen LogP contribution < -0.4 is 25.1 Å². The number of methoxy groups -OCH3 is 2. The number of anilines is 1. The molecule has 226 valence electrons. The number of aromatic nitrogens is 2. The lowest BCUT2D eigenvalue weighted by Gasteiger charge is -2.15. The molecule has 2 heterocycles. The van der Waals surface area contributed by atoms with E-state index in [1.165, 1.54) is 13.3 Å². The predicted octanol–water partition coefficient (Wildman–Crippen LogP) is 7.14. The molecule has 0 saturated heterocycles. The highest BCUT2D eigenvalue weighted by atomic mass is 79.9. The Kier molecular flexibility index (Phi) is 8.54. The van der Waals surface area contributed by atoms with Crippen LogP contribution in [0.2, 0.25) is 5.02 Å². The maximum Gasteiger partial charge on any atom is 0.282 e. The van der Waals surface area contributed by atoms with E-state index in [2.05, 4.69) is 26.3 Å². The van der Waals surface area contributed by atoms with Crippen LogP contribution in [0.3, 0.4) is 0 Å². The number of halogens is 2. The number of rotatable bonds is 9. The van der Waals surface area contributed by atoms with E-state index in [1.807, 2.05) is 30.3 Å². The fourth-order valence-electron chi connectivity index (χ4n) is 4.67. The molecule has 0 aliphatic heterocycles. The zero-order valence-corrected chi connectivity index (χ0v) is 26.3. The zero-order valence-electron chi connectivity index (χ0n) is 23.9. The van der Waals surface area contributed by atoms with Crippen molar-refractivity contribution in [1.82, 2.24) is 9.66 Å². The lowest BCUT2D eigenvalue weighted by atomic mass is 10.2. The molecule has 0 unspecified atom stereocenters. The van der Waals surface area contributed by atoms with E-state index in [9.17, 15) is 9.59 Å². The Morgan fingerprint density at radius 2 is 1.76 bits per heavy atom. The lowest BCUT2D eigenvalue weighted by molar-refractivity contribution is -0.118. The number of carbonyl (C=O) groups excluding carboxylic acids is 1. The second-order valence-electron chi connectivity index (χ2n) is 9.62.